The molecule has 2 heterocycles. The standard InChI is InChI=1S/C13H22N2O3S2/c1-3-15-8-12(7-11(15)9-16)20(17,18)14-10-13(2)5-4-6-19-13/h7-8,14,16H,3-6,9-10H2,1-2H3. The minimum Gasteiger partial charge on any atom is -0.390 e. The number of aliphatic hydroxyl groups is 1. The molecule has 0 saturated carbocycles. The summed E-state index contributed by atoms with van der Waals surface area (Å²) in [5, 5.41) is 9.23. The molecule has 5 nitrogen and oxygen atoms in total. The summed E-state index contributed by atoms with van der Waals surface area (Å²) in [7, 11) is -3.50. The van der Waals surface area contributed by atoms with Crippen molar-refractivity contribution in [2.75, 3.05) is 12.3 Å². The molecule has 114 valence electrons. The Hall–Kier alpha value is -0.500. The van der Waals surface area contributed by atoms with E-state index in [9.17, 15) is 13.5 Å². The zero-order valence-corrected chi connectivity index (χ0v) is 13.6. The van der Waals surface area contributed by atoms with Crippen molar-refractivity contribution in [2.24, 2.45) is 0 Å². The number of rotatable bonds is 6. The van der Waals surface area contributed by atoms with Gasteiger partial charge in [0.25, 0.3) is 0 Å². The van der Waals surface area contributed by atoms with Crippen molar-refractivity contribution < 1.29 is 13.5 Å². The maximum Gasteiger partial charge on any atom is 0.242 e. The second-order valence-electron chi connectivity index (χ2n) is 5.34. The van der Waals surface area contributed by atoms with Crippen molar-refractivity contribution in [1.29, 1.82) is 0 Å². The van der Waals surface area contributed by atoms with Gasteiger partial charge < -0.3 is 9.67 Å². The van der Waals surface area contributed by atoms with Crippen LogP contribution >= 0.6 is 11.8 Å². The predicted molar refractivity (Wildman–Crippen MR) is 81.3 cm³/mol. The summed E-state index contributed by atoms with van der Waals surface area (Å²) in [4.78, 5) is 0.231. The predicted octanol–water partition coefficient (Wildman–Crippen LogP) is 1.56. The molecule has 1 fully saturated rings. The van der Waals surface area contributed by atoms with E-state index in [0.717, 1.165) is 18.6 Å². The van der Waals surface area contributed by atoms with Gasteiger partial charge in [-0.25, -0.2) is 13.1 Å². The molecule has 1 aromatic rings. The smallest absolute Gasteiger partial charge is 0.242 e. The lowest BCUT2D eigenvalue weighted by molar-refractivity contribution is 0.271. The second kappa shape index (κ2) is 6.09. The summed E-state index contributed by atoms with van der Waals surface area (Å²) in [5.74, 6) is 1.10. The largest absolute Gasteiger partial charge is 0.390 e. The molecule has 20 heavy (non-hydrogen) atoms. The van der Waals surface area contributed by atoms with Crippen LogP contribution in [0.4, 0.5) is 0 Å². The van der Waals surface area contributed by atoms with Crippen LogP contribution < -0.4 is 4.72 Å². The zero-order valence-electron chi connectivity index (χ0n) is 11.9. The van der Waals surface area contributed by atoms with E-state index in [1.165, 1.54) is 6.07 Å². The fourth-order valence-electron chi connectivity index (χ4n) is 2.41. The number of aliphatic hydroxyl groups excluding tert-OH is 1. The summed E-state index contributed by atoms with van der Waals surface area (Å²) < 4.78 is 29.1. The van der Waals surface area contributed by atoms with Crippen molar-refractivity contribution >= 4 is 21.8 Å². The molecule has 1 aliphatic rings. The number of sulfonamides is 1. The van der Waals surface area contributed by atoms with Crippen molar-refractivity contribution in [3.8, 4) is 0 Å². The molecule has 0 aromatic carbocycles. The molecular weight excluding hydrogens is 296 g/mol. The lowest BCUT2D eigenvalue weighted by Gasteiger charge is -2.22. The SMILES string of the molecule is CCn1cc(S(=O)(=O)NCC2(C)CCCS2)cc1CO. The van der Waals surface area contributed by atoms with E-state index < -0.39 is 10.0 Å². The minimum atomic E-state index is -3.50. The van der Waals surface area contributed by atoms with Gasteiger partial charge in [-0.1, -0.05) is 0 Å². The molecule has 0 radical (unpaired) electrons. The third-order valence-electron chi connectivity index (χ3n) is 3.71. The minimum absolute atomic E-state index is 0.000199. The monoisotopic (exact) mass is 318 g/mol. The first-order chi connectivity index (χ1) is 9.40. The Morgan fingerprint density at radius 2 is 2.30 bits per heavy atom. The molecule has 1 atom stereocenters. The molecule has 1 unspecified atom stereocenters. The van der Waals surface area contributed by atoms with Crippen LogP contribution in [-0.2, 0) is 23.2 Å². The number of aryl methyl sites for hydroxylation is 1. The lowest BCUT2D eigenvalue weighted by atomic mass is 10.1. The van der Waals surface area contributed by atoms with Crippen LogP contribution in [0.15, 0.2) is 17.2 Å². The normalized spacial score (nSPS) is 23.4. The molecule has 2 N–H and O–H groups in total. The first-order valence-corrected chi connectivity index (χ1v) is 9.30. The Kier molecular flexibility index (Phi) is 4.84. The zero-order chi connectivity index (χ0) is 14.8. The summed E-state index contributed by atoms with van der Waals surface area (Å²) in [6.45, 7) is 4.95. The van der Waals surface area contributed by atoms with Gasteiger partial charge in [-0.05, 0) is 38.5 Å². The van der Waals surface area contributed by atoms with Gasteiger partial charge in [0.15, 0.2) is 0 Å². The van der Waals surface area contributed by atoms with Gasteiger partial charge in [-0.3, -0.25) is 0 Å². The van der Waals surface area contributed by atoms with Crippen LogP contribution in [-0.4, -0.2) is 35.1 Å². The van der Waals surface area contributed by atoms with Crippen LogP contribution in [0, 0.1) is 0 Å². The molecule has 1 aromatic heterocycles. The Morgan fingerprint density at radius 3 is 2.80 bits per heavy atom. The lowest BCUT2D eigenvalue weighted by Crippen LogP contribution is -2.36. The van der Waals surface area contributed by atoms with Gasteiger partial charge in [0.1, 0.15) is 0 Å². The van der Waals surface area contributed by atoms with Crippen molar-refractivity contribution in [2.45, 2.75) is 49.5 Å². The third kappa shape index (κ3) is 3.39. The van der Waals surface area contributed by atoms with E-state index in [4.69, 9.17) is 0 Å². The van der Waals surface area contributed by atoms with Crippen LogP contribution in [0.5, 0.6) is 0 Å². The number of nitrogens with one attached hydrogen (secondary N) is 1. The number of aromatic nitrogens is 1. The van der Waals surface area contributed by atoms with Crippen LogP contribution in [0.25, 0.3) is 0 Å². The highest BCUT2D eigenvalue weighted by Gasteiger charge is 2.31. The molecule has 0 spiro atoms. The number of hydrogen-bond acceptors (Lipinski definition) is 4. The summed E-state index contributed by atoms with van der Waals surface area (Å²) in [6, 6.07) is 1.54. The second-order valence-corrected chi connectivity index (χ2v) is 8.79. The molecular formula is C13H22N2O3S2. The molecule has 1 aliphatic heterocycles. The Morgan fingerprint density at radius 1 is 1.55 bits per heavy atom. The van der Waals surface area contributed by atoms with Crippen LogP contribution in [0.1, 0.15) is 32.4 Å². The first kappa shape index (κ1) is 15.9. The van der Waals surface area contributed by atoms with E-state index in [1.807, 2.05) is 18.7 Å². The quantitative estimate of drug-likeness (QED) is 0.835. The van der Waals surface area contributed by atoms with Crippen molar-refractivity contribution in [1.82, 2.24) is 9.29 Å². The first-order valence-electron chi connectivity index (χ1n) is 6.84. The summed E-state index contributed by atoms with van der Waals surface area (Å²) in [5.41, 5.74) is 0.620. The fourth-order valence-corrected chi connectivity index (χ4v) is 4.97. The Bertz CT molecular complexity index is 539. The van der Waals surface area contributed by atoms with Gasteiger partial charge in [-0.2, -0.15) is 11.8 Å². The maximum absolute atomic E-state index is 12.3. The third-order valence-corrected chi connectivity index (χ3v) is 6.62. The molecule has 7 heteroatoms. The molecule has 0 aliphatic carbocycles. The number of thioether (sulfide) groups is 1. The topological polar surface area (TPSA) is 71.3 Å². The summed E-state index contributed by atoms with van der Waals surface area (Å²) in [6.07, 6.45) is 3.76. The molecule has 2 rings (SSSR count). The molecule has 0 amide bonds. The van der Waals surface area contributed by atoms with E-state index in [2.05, 4.69) is 11.6 Å². The average Bonchev–Trinajstić information content (AvgIpc) is 3.03. The van der Waals surface area contributed by atoms with Crippen molar-refractivity contribution in [3.05, 3.63) is 18.0 Å². The average molecular weight is 318 g/mol. The highest BCUT2D eigenvalue weighted by molar-refractivity contribution is 8.01. The van der Waals surface area contributed by atoms with Crippen LogP contribution in [0.3, 0.4) is 0 Å². The van der Waals surface area contributed by atoms with Crippen LogP contribution in [0.2, 0.25) is 0 Å². The van der Waals surface area contributed by atoms with E-state index >= 15 is 0 Å². The Labute approximate surface area is 124 Å². The fraction of sp³-hybridized carbons (Fsp3) is 0.692. The molecule has 0 bridgehead atoms. The van der Waals surface area contributed by atoms with Gasteiger partial charge in [0.05, 0.1) is 11.5 Å². The molecule has 1 saturated heterocycles. The highest BCUT2D eigenvalue weighted by atomic mass is 32.2. The highest BCUT2D eigenvalue weighted by Crippen LogP contribution is 2.37. The van der Waals surface area contributed by atoms with Gasteiger partial charge in [0, 0.05) is 29.7 Å². The maximum atomic E-state index is 12.3. The Balaban J connectivity index is 2.11. The van der Waals surface area contributed by atoms with Gasteiger partial charge in [0.2, 0.25) is 10.0 Å². The van der Waals surface area contributed by atoms with E-state index in [0.29, 0.717) is 18.8 Å². The summed E-state index contributed by atoms with van der Waals surface area (Å²) >= 11 is 1.83. The van der Waals surface area contributed by atoms with Gasteiger partial charge in [-0.15, -0.1) is 0 Å². The van der Waals surface area contributed by atoms with E-state index in [1.54, 1.807) is 10.8 Å². The van der Waals surface area contributed by atoms with E-state index in [-0.39, 0.29) is 16.2 Å². The number of hydrogen-bond donors (Lipinski definition) is 2. The van der Waals surface area contributed by atoms with Crippen molar-refractivity contribution in [3.63, 3.8) is 0 Å². The number of nitrogens with zero attached hydrogens (tertiary/aromatic N) is 1. The van der Waals surface area contributed by atoms with Gasteiger partial charge >= 0.3 is 0 Å².